The highest BCUT2D eigenvalue weighted by Gasteiger charge is 2.14. The number of aryl methyl sites for hydroxylation is 1. The van der Waals surface area contributed by atoms with Crippen LogP contribution in [0.3, 0.4) is 0 Å². The Hall–Kier alpha value is -1.82. The van der Waals surface area contributed by atoms with Crippen LogP contribution in [-0.2, 0) is 6.54 Å². The third-order valence-corrected chi connectivity index (χ3v) is 2.71. The highest BCUT2D eigenvalue weighted by Crippen LogP contribution is 2.13. The number of aromatic nitrogens is 4. The smallest absolute Gasteiger partial charge is 0.170 e. The Morgan fingerprint density at radius 2 is 2.05 bits per heavy atom. The molecule has 1 heterocycles. The van der Waals surface area contributed by atoms with E-state index in [0.717, 1.165) is 0 Å². The van der Waals surface area contributed by atoms with E-state index < -0.39 is 0 Å². The average Bonchev–Trinajstić information content (AvgIpc) is 2.77. The molecule has 1 N–H and O–H groups in total. The molecule has 0 saturated heterocycles. The highest BCUT2D eigenvalue weighted by atomic mass is 19.1. The lowest BCUT2D eigenvalue weighted by molar-refractivity contribution is 0.415. The van der Waals surface area contributed by atoms with Gasteiger partial charge in [-0.1, -0.05) is 6.07 Å². The van der Waals surface area contributed by atoms with Crippen LogP contribution in [0.15, 0.2) is 18.2 Å². The second kappa shape index (κ2) is 5.05. The molecule has 1 aromatic carbocycles. The van der Waals surface area contributed by atoms with Crippen molar-refractivity contribution < 1.29 is 4.39 Å². The van der Waals surface area contributed by atoms with Crippen molar-refractivity contribution >= 4 is 0 Å². The fourth-order valence-electron chi connectivity index (χ4n) is 1.57. The molecule has 0 atom stereocenters. The Morgan fingerprint density at radius 1 is 1.32 bits per heavy atom. The quantitative estimate of drug-likeness (QED) is 0.920. The van der Waals surface area contributed by atoms with Crippen molar-refractivity contribution in [3.63, 3.8) is 0 Å². The number of hydrogen-bond acceptors (Lipinski definition) is 4. The number of halogens is 1. The lowest BCUT2D eigenvalue weighted by Crippen LogP contribution is -2.35. The fraction of sp³-hybridized carbons (Fsp3) is 0.462. The molecule has 0 radical (unpaired) electrons. The molecular formula is C13H18FN5. The van der Waals surface area contributed by atoms with Crippen LogP contribution >= 0.6 is 0 Å². The molecule has 1 aromatic heterocycles. The van der Waals surface area contributed by atoms with Gasteiger partial charge in [0.25, 0.3) is 0 Å². The summed E-state index contributed by atoms with van der Waals surface area (Å²) in [6, 6.07) is 4.95. The Kier molecular flexibility index (Phi) is 3.61. The molecule has 2 aromatic rings. The van der Waals surface area contributed by atoms with Crippen molar-refractivity contribution in [3.05, 3.63) is 35.4 Å². The van der Waals surface area contributed by atoms with Crippen molar-refractivity contribution in [1.82, 2.24) is 25.5 Å². The first kappa shape index (κ1) is 13.6. The van der Waals surface area contributed by atoms with Gasteiger partial charge >= 0.3 is 0 Å². The summed E-state index contributed by atoms with van der Waals surface area (Å²) in [7, 11) is 0. The molecule has 0 aliphatic heterocycles. The van der Waals surface area contributed by atoms with Gasteiger partial charge in [-0.3, -0.25) is 0 Å². The van der Waals surface area contributed by atoms with Crippen LogP contribution in [0.25, 0.3) is 5.69 Å². The number of hydrogen-bond donors (Lipinski definition) is 1. The van der Waals surface area contributed by atoms with Crippen molar-refractivity contribution in [2.45, 2.75) is 39.8 Å². The van der Waals surface area contributed by atoms with Gasteiger partial charge in [-0.05, 0) is 55.8 Å². The maximum atomic E-state index is 13.6. The molecule has 0 saturated carbocycles. The van der Waals surface area contributed by atoms with Crippen molar-refractivity contribution in [2.75, 3.05) is 0 Å². The number of tetrazole rings is 1. The predicted octanol–water partition coefficient (Wildman–Crippen LogP) is 2.00. The van der Waals surface area contributed by atoms with Gasteiger partial charge in [0, 0.05) is 5.54 Å². The van der Waals surface area contributed by atoms with Gasteiger partial charge in [-0.25, -0.2) is 4.39 Å². The summed E-state index contributed by atoms with van der Waals surface area (Å²) in [5.74, 6) is 0.390. The molecule has 6 heteroatoms. The minimum Gasteiger partial charge on any atom is -0.305 e. The molecule has 0 amide bonds. The summed E-state index contributed by atoms with van der Waals surface area (Å²) in [5.41, 5.74) is 1.19. The minimum absolute atomic E-state index is 0.0324. The maximum absolute atomic E-state index is 13.6. The molecule has 0 fully saturated rings. The van der Waals surface area contributed by atoms with Crippen LogP contribution in [0.1, 0.15) is 32.2 Å². The normalized spacial score (nSPS) is 11.8. The first-order valence-electron chi connectivity index (χ1n) is 6.15. The lowest BCUT2D eigenvalue weighted by Gasteiger charge is -2.19. The van der Waals surface area contributed by atoms with Gasteiger partial charge in [0.15, 0.2) is 5.82 Å². The molecule has 0 bridgehead atoms. The van der Waals surface area contributed by atoms with Gasteiger partial charge in [0.05, 0.1) is 12.2 Å². The molecule has 5 nitrogen and oxygen atoms in total. The van der Waals surface area contributed by atoms with E-state index in [2.05, 4.69) is 41.6 Å². The van der Waals surface area contributed by atoms with E-state index in [1.165, 1.54) is 6.07 Å². The Labute approximate surface area is 111 Å². The van der Waals surface area contributed by atoms with Gasteiger partial charge < -0.3 is 5.32 Å². The highest BCUT2D eigenvalue weighted by molar-refractivity contribution is 5.34. The zero-order valence-corrected chi connectivity index (χ0v) is 11.6. The summed E-state index contributed by atoms with van der Waals surface area (Å²) in [5, 5.41) is 14.8. The maximum Gasteiger partial charge on any atom is 0.170 e. The monoisotopic (exact) mass is 263 g/mol. The van der Waals surface area contributed by atoms with E-state index in [1.54, 1.807) is 23.7 Å². The third-order valence-electron chi connectivity index (χ3n) is 2.71. The zero-order valence-electron chi connectivity index (χ0n) is 11.6. The van der Waals surface area contributed by atoms with E-state index in [4.69, 9.17) is 0 Å². The molecular weight excluding hydrogens is 245 g/mol. The number of nitrogens with zero attached hydrogens (tertiary/aromatic N) is 4. The summed E-state index contributed by atoms with van der Waals surface area (Å²) >= 11 is 0. The summed E-state index contributed by atoms with van der Waals surface area (Å²) in [6.07, 6.45) is 0. The van der Waals surface area contributed by atoms with E-state index in [0.29, 0.717) is 23.6 Å². The van der Waals surface area contributed by atoms with Crippen LogP contribution in [0.4, 0.5) is 4.39 Å². The first-order valence-corrected chi connectivity index (χ1v) is 6.15. The van der Waals surface area contributed by atoms with Crippen molar-refractivity contribution in [2.24, 2.45) is 0 Å². The van der Waals surface area contributed by atoms with Crippen molar-refractivity contribution in [3.8, 4) is 5.69 Å². The molecule has 2 rings (SSSR count). The van der Waals surface area contributed by atoms with Crippen LogP contribution in [0, 0.1) is 12.7 Å². The summed E-state index contributed by atoms with van der Waals surface area (Å²) < 4.78 is 15.1. The van der Waals surface area contributed by atoms with E-state index in [1.807, 2.05) is 0 Å². The average molecular weight is 263 g/mol. The van der Waals surface area contributed by atoms with Gasteiger partial charge in [-0.15, -0.1) is 5.10 Å². The molecule has 0 spiro atoms. The zero-order chi connectivity index (χ0) is 14.0. The molecule has 102 valence electrons. The topological polar surface area (TPSA) is 55.6 Å². The van der Waals surface area contributed by atoms with E-state index >= 15 is 0 Å². The minimum atomic E-state index is -0.261. The lowest BCUT2D eigenvalue weighted by atomic mass is 10.1. The first-order chi connectivity index (χ1) is 8.87. The van der Waals surface area contributed by atoms with Crippen molar-refractivity contribution in [1.29, 1.82) is 0 Å². The van der Waals surface area contributed by atoms with Gasteiger partial charge in [-0.2, -0.15) is 4.68 Å². The predicted molar refractivity (Wildman–Crippen MR) is 70.4 cm³/mol. The largest absolute Gasteiger partial charge is 0.305 e. The SMILES string of the molecule is Cc1ccc(-n2nnnc2CNC(C)(C)C)cc1F. The molecule has 0 unspecified atom stereocenters. The summed E-state index contributed by atoms with van der Waals surface area (Å²) in [6.45, 7) is 8.43. The van der Waals surface area contributed by atoms with Crippen LogP contribution in [0.5, 0.6) is 0 Å². The second-order valence-corrected chi connectivity index (χ2v) is 5.54. The second-order valence-electron chi connectivity index (χ2n) is 5.54. The van der Waals surface area contributed by atoms with Gasteiger partial charge in [0.1, 0.15) is 5.82 Å². The van der Waals surface area contributed by atoms with Gasteiger partial charge in [0.2, 0.25) is 0 Å². The van der Waals surface area contributed by atoms with E-state index in [9.17, 15) is 4.39 Å². The third kappa shape index (κ3) is 3.35. The molecule has 19 heavy (non-hydrogen) atoms. The molecule has 0 aliphatic rings. The number of nitrogens with one attached hydrogen (secondary N) is 1. The number of benzene rings is 1. The Balaban J connectivity index is 2.26. The standard InChI is InChI=1S/C13H18FN5/c1-9-5-6-10(7-11(9)14)19-12(16-17-18-19)8-15-13(2,3)4/h5-7,15H,8H2,1-4H3. The van der Waals surface area contributed by atoms with Crippen LogP contribution in [-0.4, -0.2) is 25.7 Å². The Morgan fingerprint density at radius 3 is 2.68 bits per heavy atom. The molecule has 0 aliphatic carbocycles. The van der Waals surface area contributed by atoms with Crippen LogP contribution < -0.4 is 5.32 Å². The number of rotatable bonds is 3. The Bertz CT molecular complexity index is 571. The van der Waals surface area contributed by atoms with Crippen LogP contribution in [0.2, 0.25) is 0 Å². The van der Waals surface area contributed by atoms with E-state index in [-0.39, 0.29) is 11.4 Å². The summed E-state index contributed by atoms with van der Waals surface area (Å²) in [4.78, 5) is 0. The fourth-order valence-corrected chi connectivity index (χ4v) is 1.57.